The lowest BCUT2D eigenvalue weighted by Crippen LogP contribution is -2.14. The second kappa shape index (κ2) is 6.47. The topological polar surface area (TPSA) is 64.3 Å². The van der Waals surface area contributed by atoms with Crippen molar-refractivity contribution in [3.8, 4) is 11.3 Å². The number of nitrogens with zero attached hydrogens (tertiary/aromatic N) is 3. The summed E-state index contributed by atoms with van der Waals surface area (Å²) in [7, 11) is -4.17. The summed E-state index contributed by atoms with van der Waals surface area (Å²) in [5.41, 5.74) is -2.86. The molecule has 3 aromatic heterocycles. The molecule has 0 aliphatic carbocycles. The summed E-state index contributed by atoms with van der Waals surface area (Å²) in [5, 5.41) is -0.829. The minimum atomic E-state index is -4.86. The molecule has 0 aliphatic heterocycles. The molecule has 5 nitrogen and oxygen atoms in total. The van der Waals surface area contributed by atoms with Crippen molar-refractivity contribution in [2.75, 3.05) is 5.75 Å². The minimum Gasteiger partial charge on any atom is -0.306 e. The Labute approximate surface area is 154 Å². The van der Waals surface area contributed by atoms with Gasteiger partial charge >= 0.3 is 12.4 Å². The van der Waals surface area contributed by atoms with Gasteiger partial charge in [-0.05, 0) is 24.3 Å². The smallest absolute Gasteiger partial charge is 0.306 e. The van der Waals surface area contributed by atoms with Crippen molar-refractivity contribution in [3.05, 3.63) is 47.9 Å². The predicted molar refractivity (Wildman–Crippen MR) is 86.2 cm³/mol. The lowest BCUT2D eigenvalue weighted by Gasteiger charge is -2.11. The third-order valence-electron chi connectivity index (χ3n) is 3.89. The number of aromatic nitrogens is 3. The molecule has 150 valence electrons. The zero-order valence-corrected chi connectivity index (χ0v) is 14.8. The first-order chi connectivity index (χ1) is 12.8. The van der Waals surface area contributed by atoms with Gasteiger partial charge in [-0.1, -0.05) is 6.92 Å². The van der Waals surface area contributed by atoms with Gasteiger partial charge in [0, 0.05) is 18.0 Å². The predicted octanol–water partition coefficient (Wildman–Crippen LogP) is 4.23. The Morgan fingerprint density at radius 1 is 1.00 bits per heavy atom. The lowest BCUT2D eigenvalue weighted by atomic mass is 10.2. The maximum absolute atomic E-state index is 12.9. The van der Waals surface area contributed by atoms with Gasteiger partial charge in [-0.2, -0.15) is 26.3 Å². The number of alkyl halides is 6. The van der Waals surface area contributed by atoms with Gasteiger partial charge in [0.15, 0.2) is 14.9 Å². The van der Waals surface area contributed by atoms with Crippen LogP contribution in [0.2, 0.25) is 0 Å². The van der Waals surface area contributed by atoms with Gasteiger partial charge in [0.2, 0.25) is 0 Å². The Morgan fingerprint density at radius 2 is 1.68 bits per heavy atom. The van der Waals surface area contributed by atoms with E-state index in [-0.39, 0.29) is 16.9 Å². The Bertz CT molecular complexity index is 1150. The summed E-state index contributed by atoms with van der Waals surface area (Å²) < 4.78 is 103. The van der Waals surface area contributed by atoms with Crippen molar-refractivity contribution in [2.45, 2.75) is 24.3 Å². The second-order valence-corrected chi connectivity index (χ2v) is 7.95. The van der Waals surface area contributed by atoms with E-state index >= 15 is 0 Å². The van der Waals surface area contributed by atoms with E-state index < -0.39 is 44.2 Å². The van der Waals surface area contributed by atoms with Gasteiger partial charge in [-0.15, -0.1) is 0 Å². The number of rotatable bonds is 3. The van der Waals surface area contributed by atoms with Gasteiger partial charge in [0.05, 0.1) is 17.0 Å². The summed E-state index contributed by atoms with van der Waals surface area (Å²) >= 11 is 0. The van der Waals surface area contributed by atoms with Gasteiger partial charge in [0.25, 0.3) is 0 Å². The van der Waals surface area contributed by atoms with Crippen molar-refractivity contribution in [2.24, 2.45) is 0 Å². The van der Waals surface area contributed by atoms with Crippen molar-refractivity contribution in [3.63, 3.8) is 0 Å². The first-order valence-corrected chi connectivity index (χ1v) is 9.35. The minimum absolute atomic E-state index is 0.118. The van der Waals surface area contributed by atoms with E-state index in [1.807, 2.05) is 0 Å². The third-order valence-corrected chi connectivity index (χ3v) is 5.55. The summed E-state index contributed by atoms with van der Waals surface area (Å²) in [4.78, 5) is 7.18. The molecule has 28 heavy (non-hydrogen) atoms. The fourth-order valence-electron chi connectivity index (χ4n) is 2.46. The molecule has 0 unspecified atom stereocenters. The Kier molecular flexibility index (Phi) is 4.64. The van der Waals surface area contributed by atoms with Crippen LogP contribution >= 0.6 is 0 Å². The summed E-state index contributed by atoms with van der Waals surface area (Å²) in [5.74, 6) is -0.514. The quantitative estimate of drug-likeness (QED) is 0.592. The number of imidazole rings is 1. The number of hydrogen-bond acceptors (Lipinski definition) is 4. The maximum atomic E-state index is 12.9. The molecule has 12 heteroatoms. The Morgan fingerprint density at radius 3 is 2.25 bits per heavy atom. The maximum Gasteiger partial charge on any atom is 0.433 e. The average Bonchev–Trinajstić information content (AvgIpc) is 3.02. The first-order valence-electron chi connectivity index (χ1n) is 7.70. The van der Waals surface area contributed by atoms with Crippen LogP contribution in [-0.2, 0) is 22.2 Å². The van der Waals surface area contributed by atoms with Crippen LogP contribution in [0.15, 0.2) is 41.7 Å². The summed E-state index contributed by atoms with van der Waals surface area (Å²) in [6.45, 7) is 1.24. The van der Waals surface area contributed by atoms with E-state index in [0.717, 1.165) is 24.4 Å². The average molecular weight is 423 g/mol. The molecule has 0 fully saturated rings. The molecule has 0 bridgehead atoms. The molecule has 0 N–H and O–H groups in total. The molecular weight excluding hydrogens is 412 g/mol. The second-order valence-electron chi connectivity index (χ2n) is 5.76. The molecule has 0 saturated heterocycles. The first kappa shape index (κ1) is 20.1. The van der Waals surface area contributed by atoms with Gasteiger partial charge in [0.1, 0.15) is 11.3 Å². The standard InChI is InChI=1S/C16H11F6N3O2S/c1-2-28(26,27)14-10(3-4-12(24-14)16(20,21)22)11-8-25-6-5-9(15(17,18)19)7-13(25)23-11/h3-8H,2H2,1H3. The Hall–Kier alpha value is -2.63. The van der Waals surface area contributed by atoms with Gasteiger partial charge in [-0.3, -0.25) is 0 Å². The number of sulfone groups is 1. The molecule has 0 radical (unpaired) electrons. The number of hydrogen-bond donors (Lipinski definition) is 0. The molecule has 0 saturated carbocycles. The van der Waals surface area contributed by atoms with E-state index in [1.165, 1.54) is 17.5 Å². The highest BCUT2D eigenvalue weighted by Crippen LogP contribution is 2.34. The molecule has 3 rings (SSSR count). The number of fused-ring (bicyclic) bond motifs is 1. The van der Waals surface area contributed by atoms with Crippen LogP contribution in [0.5, 0.6) is 0 Å². The monoisotopic (exact) mass is 423 g/mol. The fourth-order valence-corrected chi connectivity index (χ4v) is 3.47. The SMILES string of the molecule is CCS(=O)(=O)c1nc(C(F)(F)F)ccc1-c1cn2ccc(C(F)(F)F)cc2n1. The number of pyridine rings is 2. The highest BCUT2D eigenvalue weighted by Gasteiger charge is 2.35. The van der Waals surface area contributed by atoms with Crippen molar-refractivity contribution in [1.29, 1.82) is 0 Å². The number of halogens is 6. The Balaban J connectivity index is 2.23. The zero-order chi connectivity index (χ0) is 20.9. The summed E-state index contributed by atoms with van der Waals surface area (Å²) in [6, 6.07) is 3.03. The highest BCUT2D eigenvalue weighted by atomic mass is 32.2. The van der Waals surface area contributed by atoms with Crippen LogP contribution < -0.4 is 0 Å². The van der Waals surface area contributed by atoms with Crippen molar-refractivity contribution < 1.29 is 34.8 Å². The molecule has 0 spiro atoms. The van der Waals surface area contributed by atoms with Gasteiger partial charge in [-0.25, -0.2) is 18.4 Å². The van der Waals surface area contributed by atoms with E-state index in [2.05, 4.69) is 9.97 Å². The fraction of sp³-hybridized carbons (Fsp3) is 0.250. The molecule has 0 amide bonds. The van der Waals surface area contributed by atoms with Crippen LogP contribution in [0, 0.1) is 0 Å². The van der Waals surface area contributed by atoms with Crippen molar-refractivity contribution in [1.82, 2.24) is 14.4 Å². The molecule has 0 aromatic carbocycles. The molecular formula is C16H11F6N3O2S. The van der Waals surface area contributed by atoms with E-state index in [9.17, 15) is 34.8 Å². The van der Waals surface area contributed by atoms with E-state index in [4.69, 9.17) is 0 Å². The van der Waals surface area contributed by atoms with Crippen LogP contribution in [-0.4, -0.2) is 28.5 Å². The lowest BCUT2D eigenvalue weighted by molar-refractivity contribution is -0.141. The molecule has 0 aliphatic rings. The van der Waals surface area contributed by atoms with Crippen LogP contribution in [0.3, 0.4) is 0 Å². The third kappa shape index (κ3) is 3.68. The molecule has 0 atom stereocenters. The van der Waals surface area contributed by atoms with Crippen LogP contribution in [0.4, 0.5) is 26.3 Å². The molecule has 3 aromatic rings. The normalized spacial score (nSPS) is 13.2. The van der Waals surface area contributed by atoms with Gasteiger partial charge < -0.3 is 4.40 Å². The summed E-state index contributed by atoms with van der Waals surface area (Å²) in [6.07, 6.45) is -7.19. The van der Waals surface area contributed by atoms with Crippen LogP contribution in [0.25, 0.3) is 16.9 Å². The zero-order valence-electron chi connectivity index (χ0n) is 14.0. The van der Waals surface area contributed by atoms with E-state index in [1.54, 1.807) is 0 Å². The molecule has 3 heterocycles. The largest absolute Gasteiger partial charge is 0.433 e. The van der Waals surface area contributed by atoms with E-state index in [0.29, 0.717) is 6.07 Å². The van der Waals surface area contributed by atoms with Crippen molar-refractivity contribution >= 4 is 15.5 Å². The highest BCUT2D eigenvalue weighted by molar-refractivity contribution is 7.91. The van der Waals surface area contributed by atoms with Crippen LogP contribution in [0.1, 0.15) is 18.2 Å².